The summed E-state index contributed by atoms with van der Waals surface area (Å²) in [5, 5.41) is 17.4. The van der Waals surface area contributed by atoms with Gasteiger partial charge in [-0.15, -0.1) is 0 Å². The van der Waals surface area contributed by atoms with E-state index in [4.69, 9.17) is 0 Å². The minimum Gasteiger partial charge on any atom is -0.325 e. The van der Waals surface area contributed by atoms with Gasteiger partial charge in [0.2, 0.25) is 15.9 Å². The molecule has 0 saturated carbocycles. The average Bonchev–Trinajstić information content (AvgIpc) is 3.01. The summed E-state index contributed by atoms with van der Waals surface area (Å²) in [5.41, 5.74) is 0.813. The number of nitrogens with one attached hydrogen (secondary N) is 1. The first-order valence-electron chi connectivity index (χ1n) is 8.94. The summed E-state index contributed by atoms with van der Waals surface area (Å²) in [4.78, 5) is 24.6. The maximum absolute atomic E-state index is 12.8. The molecule has 0 radical (unpaired) electrons. The van der Waals surface area contributed by atoms with Crippen LogP contribution in [0.25, 0.3) is 0 Å². The Morgan fingerprint density at radius 2 is 1.97 bits per heavy atom. The van der Waals surface area contributed by atoms with E-state index in [1.165, 1.54) is 33.4 Å². The van der Waals surface area contributed by atoms with Gasteiger partial charge in [-0.25, -0.2) is 8.42 Å². The number of sulfonamides is 1. The van der Waals surface area contributed by atoms with E-state index in [1.54, 1.807) is 20.0 Å². The molecule has 1 aromatic heterocycles. The van der Waals surface area contributed by atoms with E-state index in [0.717, 1.165) is 0 Å². The molecular formula is C17H22N6O5S. The Morgan fingerprint density at radius 1 is 1.28 bits per heavy atom. The quantitative estimate of drug-likeness (QED) is 0.532. The fourth-order valence-corrected chi connectivity index (χ4v) is 4.71. The fourth-order valence-electron chi connectivity index (χ4n) is 3.10. The van der Waals surface area contributed by atoms with E-state index in [-0.39, 0.29) is 36.1 Å². The van der Waals surface area contributed by atoms with Crippen LogP contribution in [-0.4, -0.2) is 71.0 Å². The van der Waals surface area contributed by atoms with E-state index in [1.807, 2.05) is 4.90 Å². The van der Waals surface area contributed by atoms with Gasteiger partial charge in [-0.1, -0.05) is 6.07 Å². The molecule has 1 aromatic carbocycles. The number of anilines is 1. The number of carbonyl (C=O) groups excluding carboxylic acids is 1. The Morgan fingerprint density at radius 3 is 2.55 bits per heavy atom. The van der Waals surface area contributed by atoms with Crippen molar-refractivity contribution in [2.24, 2.45) is 7.05 Å². The van der Waals surface area contributed by atoms with Gasteiger partial charge in [0, 0.05) is 51.0 Å². The van der Waals surface area contributed by atoms with Crippen molar-refractivity contribution in [1.82, 2.24) is 19.0 Å². The number of carbonyl (C=O) groups is 1. The molecule has 29 heavy (non-hydrogen) atoms. The summed E-state index contributed by atoms with van der Waals surface area (Å²) in [6.45, 7) is 3.11. The molecule has 2 aromatic rings. The van der Waals surface area contributed by atoms with Gasteiger partial charge in [0.25, 0.3) is 5.69 Å². The molecule has 1 aliphatic heterocycles. The van der Waals surface area contributed by atoms with Crippen molar-refractivity contribution in [3.63, 3.8) is 0 Å². The lowest BCUT2D eigenvalue weighted by molar-refractivity contribution is -0.384. The monoisotopic (exact) mass is 422 g/mol. The fraction of sp³-hybridized carbons (Fsp3) is 0.412. The predicted molar refractivity (Wildman–Crippen MR) is 105 cm³/mol. The summed E-state index contributed by atoms with van der Waals surface area (Å²) in [7, 11) is -1.94. The minimum atomic E-state index is -3.63. The number of piperazine rings is 1. The third-order valence-corrected chi connectivity index (χ3v) is 6.85. The Labute approximate surface area is 168 Å². The Kier molecular flexibility index (Phi) is 5.96. The highest BCUT2D eigenvalue weighted by Crippen LogP contribution is 2.21. The highest BCUT2D eigenvalue weighted by atomic mass is 32.2. The molecule has 0 atom stereocenters. The average molecular weight is 422 g/mol. The van der Waals surface area contributed by atoms with Crippen LogP contribution in [0.1, 0.15) is 5.69 Å². The molecular weight excluding hydrogens is 400 g/mol. The zero-order valence-electron chi connectivity index (χ0n) is 16.1. The van der Waals surface area contributed by atoms with Gasteiger partial charge in [-0.05, 0) is 13.0 Å². The molecule has 1 amide bonds. The van der Waals surface area contributed by atoms with Crippen LogP contribution in [0.5, 0.6) is 0 Å². The van der Waals surface area contributed by atoms with Gasteiger partial charge in [0.05, 0.1) is 23.4 Å². The zero-order chi connectivity index (χ0) is 21.2. The number of aryl methyl sites for hydroxylation is 1. The molecule has 2 heterocycles. The Balaban J connectivity index is 1.56. The van der Waals surface area contributed by atoms with Crippen molar-refractivity contribution in [3.8, 4) is 0 Å². The van der Waals surface area contributed by atoms with Crippen molar-refractivity contribution in [1.29, 1.82) is 0 Å². The van der Waals surface area contributed by atoms with Gasteiger partial charge in [0.15, 0.2) is 0 Å². The summed E-state index contributed by atoms with van der Waals surface area (Å²) >= 11 is 0. The second-order valence-corrected chi connectivity index (χ2v) is 8.66. The number of hydrogen-bond acceptors (Lipinski definition) is 7. The number of nitro groups is 1. The number of nitrogens with zero attached hydrogens (tertiary/aromatic N) is 5. The lowest BCUT2D eigenvalue weighted by Gasteiger charge is -2.33. The highest BCUT2D eigenvalue weighted by Gasteiger charge is 2.31. The third-order valence-electron chi connectivity index (χ3n) is 4.85. The lowest BCUT2D eigenvalue weighted by Crippen LogP contribution is -2.50. The van der Waals surface area contributed by atoms with Crippen molar-refractivity contribution in [2.75, 3.05) is 38.0 Å². The molecule has 0 bridgehead atoms. The number of rotatable bonds is 6. The summed E-state index contributed by atoms with van der Waals surface area (Å²) in [5.74, 6) is -0.315. The largest absolute Gasteiger partial charge is 0.325 e. The van der Waals surface area contributed by atoms with Crippen LogP contribution in [-0.2, 0) is 21.9 Å². The summed E-state index contributed by atoms with van der Waals surface area (Å²) < 4.78 is 28.5. The first-order chi connectivity index (χ1) is 13.7. The second kappa shape index (κ2) is 8.27. The summed E-state index contributed by atoms with van der Waals surface area (Å²) in [6.07, 6.45) is 1.35. The minimum absolute atomic E-state index is 0.0719. The van der Waals surface area contributed by atoms with Crippen molar-refractivity contribution < 1.29 is 18.1 Å². The maximum atomic E-state index is 12.8. The number of nitro benzene ring substituents is 1. The number of aromatic nitrogens is 2. The van der Waals surface area contributed by atoms with E-state index < -0.39 is 14.9 Å². The SMILES string of the molecule is Cc1c(S(=O)(=O)N2CCN(CC(=O)Nc3cccc([N+](=O)[O-])c3)CC2)cnn1C. The van der Waals surface area contributed by atoms with Crippen LogP contribution in [0.3, 0.4) is 0 Å². The van der Waals surface area contributed by atoms with Crippen LogP contribution < -0.4 is 5.32 Å². The van der Waals surface area contributed by atoms with Crippen LogP contribution in [0.15, 0.2) is 35.4 Å². The molecule has 0 spiro atoms. The number of benzene rings is 1. The molecule has 1 saturated heterocycles. The van der Waals surface area contributed by atoms with Crippen LogP contribution in [0.2, 0.25) is 0 Å². The number of hydrogen-bond donors (Lipinski definition) is 1. The number of amides is 1. The first kappa shape index (κ1) is 20.9. The normalized spacial score (nSPS) is 15.9. The standard InChI is InChI=1S/C17H22N6O5S/c1-13-16(11-18-20(13)2)29(27,28)22-8-6-21(7-9-22)12-17(24)19-14-4-3-5-15(10-14)23(25)26/h3-5,10-11H,6-9,12H2,1-2H3,(H,19,24). The smallest absolute Gasteiger partial charge is 0.271 e. The van der Waals surface area contributed by atoms with E-state index >= 15 is 0 Å². The van der Waals surface area contributed by atoms with E-state index in [9.17, 15) is 23.3 Å². The molecule has 1 aliphatic rings. The van der Waals surface area contributed by atoms with Crippen molar-refractivity contribution in [3.05, 3.63) is 46.3 Å². The van der Waals surface area contributed by atoms with E-state index in [2.05, 4.69) is 10.4 Å². The Bertz CT molecular complexity index is 1030. The highest BCUT2D eigenvalue weighted by molar-refractivity contribution is 7.89. The van der Waals surface area contributed by atoms with Gasteiger partial charge < -0.3 is 5.32 Å². The zero-order valence-corrected chi connectivity index (χ0v) is 16.9. The molecule has 0 unspecified atom stereocenters. The molecule has 0 aliphatic carbocycles. The molecule has 11 nitrogen and oxygen atoms in total. The topological polar surface area (TPSA) is 131 Å². The first-order valence-corrected chi connectivity index (χ1v) is 10.4. The van der Waals surface area contributed by atoms with Crippen LogP contribution in [0, 0.1) is 17.0 Å². The second-order valence-electron chi connectivity index (χ2n) is 6.75. The summed E-state index contributed by atoms with van der Waals surface area (Å²) in [6, 6.07) is 5.71. The molecule has 156 valence electrons. The predicted octanol–water partition coefficient (Wildman–Crippen LogP) is 0.582. The van der Waals surface area contributed by atoms with Crippen LogP contribution in [0.4, 0.5) is 11.4 Å². The van der Waals surface area contributed by atoms with Gasteiger partial charge in [-0.2, -0.15) is 9.40 Å². The lowest BCUT2D eigenvalue weighted by atomic mass is 10.2. The molecule has 3 rings (SSSR count). The molecule has 1 fully saturated rings. The van der Waals surface area contributed by atoms with E-state index in [0.29, 0.717) is 24.5 Å². The maximum Gasteiger partial charge on any atom is 0.271 e. The van der Waals surface area contributed by atoms with Gasteiger partial charge in [0.1, 0.15) is 4.90 Å². The van der Waals surface area contributed by atoms with Gasteiger partial charge in [-0.3, -0.25) is 24.5 Å². The van der Waals surface area contributed by atoms with Crippen molar-refractivity contribution >= 4 is 27.3 Å². The van der Waals surface area contributed by atoms with Crippen molar-refractivity contribution in [2.45, 2.75) is 11.8 Å². The molecule has 1 N–H and O–H groups in total. The Hall–Kier alpha value is -2.83. The van der Waals surface area contributed by atoms with Gasteiger partial charge >= 0.3 is 0 Å². The number of non-ortho nitro benzene ring substituents is 1. The van der Waals surface area contributed by atoms with Crippen LogP contribution >= 0.6 is 0 Å². The molecule has 12 heteroatoms. The third kappa shape index (κ3) is 4.60.